The Morgan fingerprint density at radius 1 is 1.00 bits per heavy atom. The number of nitrogens with zero attached hydrogens (tertiary/aromatic N) is 3. The number of aromatic hydroxyl groups is 1. The third-order valence-electron chi connectivity index (χ3n) is 7.72. The number of anilines is 2. The van der Waals surface area contributed by atoms with E-state index in [-0.39, 0.29) is 34.5 Å². The molecule has 1 atom stereocenters. The lowest BCUT2D eigenvalue weighted by molar-refractivity contribution is -0.153. The normalized spacial score (nSPS) is 14.7. The molecule has 1 saturated heterocycles. The van der Waals surface area contributed by atoms with Crippen LogP contribution in [0.5, 0.6) is 5.75 Å². The quantitative estimate of drug-likeness (QED) is 0.182. The van der Waals surface area contributed by atoms with Crippen molar-refractivity contribution in [3.8, 4) is 5.75 Å². The van der Waals surface area contributed by atoms with Gasteiger partial charge in [-0.05, 0) is 80.6 Å². The van der Waals surface area contributed by atoms with E-state index < -0.39 is 27.4 Å². The van der Waals surface area contributed by atoms with Crippen LogP contribution in [0.1, 0.15) is 26.3 Å². The van der Waals surface area contributed by atoms with E-state index in [1.165, 1.54) is 24.4 Å². The van der Waals surface area contributed by atoms with Crippen LogP contribution in [-0.2, 0) is 30.6 Å². The molecule has 2 heterocycles. The van der Waals surface area contributed by atoms with Crippen LogP contribution in [0, 0.1) is 0 Å². The van der Waals surface area contributed by atoms with Gasteiger partial charge in [0.15, 0.2) is 5.03 Å². The Labute approximate surface area is 268 Å². The van der Waals surface area contributed by atoms with Gasteiger partial charge < -0.3 is 25.4 Å². The highest BCUT2D eigenvalue weighted by molar-refractivity contribution is 7.91. The van der Waals surface area contributed by atoms with Crippen LogP contribution < -0.4 is 16.0 Å². The van der Waals surface area contributed by atoms with Crippen LogP contribution in [0.3, 0.4) is 0 Å². The number of aromatic nitrogens is 1. The van der Waals surface area contributed by atoms with Gasteiger partial charge in [0.2, 0.25) is 15.7 Å². The smallest absolute Gasteiger partial charge is 0.320 e. The maximum Gasteiger partial charge on any atom is 0.320 e. The molecule has 1 fully saturated rings. The lowest BCUT2D eigenvalue weighted by Gasteiger charge is -2.38. The third-order valence-corrected chi connectivity index (χ3v) is 9.51. The number of nitrogens with two attached hydrogens (primary N) is 1. The zero-order valence-electron chi connectivity index (χ0n) is 26.1. The molecule has 4 N–H and O–H groups in total. The molecule has 1 aliphatic heterocycles. The van der Waals surface area contributed by atoms with Gasteiger partial charge >= 0.3 is 5.97 Å². The van der Waals surface area contributed by atoms with Gasteiger partial charge in [-0.15, -0.1) is 0 Å². The van der Waals surface area contributed by atoms with Gasteiger partial charge in [-0.2, -0.15) is 0 Å². The summed E-state index contributed by atoms with van der Waals surface area (Å²) < 4.78 is 33.7. The molecule has 12 heteroatoms. The lowest BCUT2D eigenvalue weighted by Crippen LogP contribution is -2.55. The molecule has 0 bridgehead atoms. The van der Waals surface area contributed by atoms with Crippen LogP contribution in [0.4, 0.5) is 11.4 Å². The summed E-state index contributed by atoms with van der Waals surface area (Å²) in [7, 11) is -4.24. The Hall–Kier alpha value is -4.68. The first-order chi connectivity index (χ1) is 21.8. The fourth-order valence-corrected chi connectivity index (χ4v) is 7.17. The van der Waals surface area contributed by atoms with Crippen molar-refractivity contribution in [1.82, 2.24) is 15.2 Å². The summed E-state index contributed by atoms with van der Waals surface area (Å²) in [5, 5.41) is 14.4. The number of piperazine rings is 1. The number of ether oxygens (including phenoxy) is 1. The van der Waals surface area contributed by atoms with E-state index in [2.05, 4.69) is 15.2 Å². The van der Waals surface area contributed by atoms with Crippen LogP contribution >= 0.6 is 0 Å². The number of fused-ring (bicyclic) bond motifs is 1. The SMILES string of the molecule is CC(C)(C)OC(=O)CNC(Cc1ccc(O)cc1S(=O)(=O)c1nccc2ccccc12)C(=O)N1CCN(c2ccc(N)cc2)CC1. The second-order valence-corrected chi connectivity index (χ2v) is 14.1. The molecule has 11 nitrogen and oxygen atoms in total. The Kier molecular flexibility index (Phi) is 9.50. The number of sulfone groups is 1. The van der Waals surface area contributed by atoms with Crippen molar-refractivity contribution in [2.75, 3.05) is 43.4 Å². The van der Waals surface area contributed by atoms with Crippen molar-refractivity contribution in [3.05, 3.63) is 84.6 Å². The summed E-state index contributed by atoms with van der Waals surface area (Å²) in [5.74, 6) is -1.07. The fourth-order valence-electron chi connectivity index (χ4n) is 5.51. The molecule has 1 aromatic heterocycles. The fraction of sp³-hybridized carbons (Fsp3) is 0.324. The third kappa shape index (κ3) is 7.57. The number of esters is 1. The largest absolute Gasteiger partial charge is 0.508 e. The van der Waals surface area contributed by atoms with Crippen molar-refractivity contribution in [1.29, 1.82) is 0 Å². The first-order valence-electron chi connectivity index (χ1n) is 15.1. The maximum absolute atomic E-state index is 14.1. The molecule has 1 amide bonds. The van der Waals surface area contributed by atoms with E-state index >= 15 is 0 Å². The van der Waals surface area contributed by atoms with Crippen molar-refractivity contribution in [2.45, 2.75) is 48.8 Å². The Balaban J connectivity index is 1.43. The number of nitrogens with one attached hydrogen (secondary N) is 1. The molecule has 1 aliphatic rings. The summed E-state index contributed by atoms with van der Waals surface area (Å²) in [5.41, 5.74) is 7.08. The molecular weight excluding hydrogens is 606 g/mol. The predicted molar refractivity (Wildman–Crippen MR) is 176 cm³/mol. The highest BCUT2D eigenvalue weighted by Gasteiger charge is 2.32. The number of carbonyl (C=O) groups is 2. The van der Waals surface area contributed by atoms with Crippen LogP contribution in [0.15, 0.2) is 88.9 Å². The van der Waals surface area contributed by atoms with Gasteiger partial charge in [-0.1, -0.05) is 30.3 Å². The number of hydrogen-bond donors (Lipinski definition) is 3. The first kappa shape index (κ1) is 32.7. The molecule has 1 unspecified atom stereocenters. The molecular formula is C34H39N5O6S. The summed E-state index contributed by atoms with van der Waals surface area (Å²) in [6.07, 6.45) is 1.36. The summed E-state index contributed by atoms with van der Waals surface area (Å²) in [4.78, 5) is 34.6. The number of carbonyl (C=O) groups excluding carboxylic acids is 2. The van der Waals surface area contributed by atoms with Gasteiger partial charge in [-0.25, -0.2) is 13.4 Å². The summed E-state index contributed by atoms with van der Waals surface area (Å²) in [6.45, 7) is 7.02. The molecule has 3 aromatic carbocycles. The second kappa shape index (κ2) is 13.4. The summed E-state index contributed by atoms with van der Waals surface area (Å²) >= 11 is 0. The highest BCUT2D eigenvalue weighted by Crippen LogP contribution is 2.31. The monoisotopic (exact) mass is 645 g/mol. The van der Waals surface area contributed by atoms with E-state index in [0.29, 0.717) is 48.2 Å². The zero-order valence-corrected chi connectivity index (χ0v) is 27.0. The average molecular weight is 646 g/mol. The second-order valence-electron chi connectivity index (χ2n) is 12.3. The number of phenolic OH excluding ortho intramolecular Hbond substituents is 1. The minimum Gasteiger partial charge on any atom is -0.508 e. The minimum absolute atomic E-state index is 0.0700. The van der Waals surface area contributed by atoms with Crippen molar-refractivity contribution in [2.24, 2.45) is 0 Å². The minimum atomic E-state index is -4.24. The number of hydrogen-bond acceptors (Lipinski definition) is 10. The maximum atomic E-state index is 14.1. The Morgan fingerprint density at radius 3 is 2.39 bits per heavy atom. The standard InChI is InChI=1S/C34H39N5O6S/c1-34(2,3)45-31(41)22-37-29(33(42)39-18-16-38(17-19-39)26-11-9-25(35)10-12-26)20-24-8-13-27(40)21-30(24)46(43,44)32-28-7-5-4-6-23(28)14-15-36-32/h4-15,21,29,37,40H,16-20,22,35H2,1-3H3. The molecule has 0 spiro atoms. The number of nitrogen functional groups attached to an aromatic ring is 1. The number of amides is 1. The first-order valence-corrected chi connectivity index (χ1v) is 16.6. The van der Waals surface area contributed by atoms with Crippen LogP contribution in [0.2, 0.25) is 0 Å². The van der Waals surface area contributed by atoms with E-state index in [1.807, 2.05) is 24.3 Å². The summed E-state index contributed by atoms with van der Waals surface area (Å²) in [6, 6.07) is 19.4. The van der Waals surface area contributed by atoms with Crippen molar-refractivity contribution < 1.29 is 27.9 Å². The molecule has 0 saturated carbocycles. The van der Waals surface area contributed by atoms with Crippen molar-refractivity contribution >= 4 is 43.9 Å². The van der Waals surface area contributed by atoms with Gasteiger partial charge in [0.25, 0.3) is 0 Å². The molecule has 242 valence electrons. The number of rotatable bonds is 9. The Bertz CT molecular complexity index is 1830. The topological polar surface area (TPSA) is 155 Å². The van der Waals surface area contributed by atoms with E-state index in [0.717, 1.165) is 5.69 Å². The average Bonchev–Trinajstić information content (AvgIpc) is 3.02. The highest BCUT2D eigenvalue weighted by atomic mass is 32.2. The molecule has 0 radical (unpaired) electrons. The lowest BCUT2D eigenvalue weighted by atomic mass is 10.0. The van der Waals surface area contributed by atoms with Gasteiger partial charge in [-0.3, -0.25) is 14.9 Å². The number of phenols is 1. The van der Waals surface area contributed by atoms with Crippen molar-refractivity contribution in [3.63, 3.8) is 0 Å². The van der Waals surface area contributed by atoms with E-state index in [9.17, 15) is 23.1 Å². The molecule has 46 heavy (non-hydrogen) atoms. The molecule has 5 rings (SSSR count). The Morgan fingerprint density at radius 2 is 1.70 bits per heavy atom. The van der Waals surface area contributed by atoms with Gasteiger partial charge in [0.05, 0.1) is 17.5 Å². The van der Waals surface area contributed by atoms with Gasteiger partial charge in [0.1, 0.15) is 11.4 Å². The van der Waals surface area contributed by atoms with Gasteiger partial charge in [0, 0.05) is 49.1 Å². The van der Waals surface area contributed by atoms with Crippen LogP contribution in [0.25, 0.3) is 10.8 Å². The van der Waals surface area contributed by atoms with E-state index in [1.54, 1.807) is 56.0 Å². The van der Waals surface area contributed by atoms with Crippen LogP contribution in [-0.4, -0.2) is 79.7 Å². The molecule has 0 aliphatic carbocycles. The number of pyridine rings is 1. The zero-order chi connectivity index (χ0) is 33.1. The predicted octanol–water partition coefficient (Wildman–Crippen LogP) is 3.55. The molecule has 4 aromatic rings. The van der Waals surface area contributed by atoms with E-state index in [4.69, 9.17) is 10.5 Å². The number of benzene rings is 3.